The molecular formula is C28H23N3O3. The highest BCUT2D eigenvalue weighted by molar-refractivity contribution is 5.75. The van der Waals surface area contributed by atoms with Gasteiger partial charge in [-0.3, -0.25) is 0 Å². The van der Waals surface area contributed by atoms with Crippen molar-refractivity contribution < 1.29 is 9.15 Å². The number of allylic oxidation sites excluding steroid dienone is 5. The van der Waals surface area contributed by atoms with Crippen molar-refractivity contribution in [2.24, 2.45) is 0 Å². The predicted molar refractivity (Wildman–Crippen MR) is 132 cm³/mol. The Hall–Kier alpha value is -4.81. The van der Waals surface area contributed by atoms with Gasteiger partial charge in [-0.2, -0.15) is 10.5 Å². The summed E-state index contributed by atoms with van der Waals surface area (Å²) < 4.78 is 10.7. The van der Waals surface area contributed by atoms with Gasteiger partial charge >= 0.3 is 5.63 Å². The fourth-order valence-electron chi connectivity index (χ4n) is 3.20. The summed E-state index contributed by atoms with van der Waals surface area (Å²) in [6.07, 6.45) is 5.42. The van der Waals surface area contributed by atoms with Crippen LogP contribution in [0.15, 0.2) is 116 Å². The Labute approximate surface area is 198 Å². The van der Waals surface area contributed by atoms with Gasteiger partial charge in [0.05, 0.1) is 5.70 Å². The van der Waals surface area contributed by atoms with Crippen LogP contribution in [-0.2, 0) is 4.74 Å². The van der Waals surface area contributed by atoms with Crippen molar-refractivity contribution in [3.05, 3.63) is 123 Å². The van der Waals surface area contributed by atoms with E-state index in [4.69, 9.17) is 19.7 Å². The van der Waals surface area contributed by atoms with Crippen LogP contribution in [0.2, 0.25) is 0 Å². The number of nitriles is 2. The molecule has 4 rings (SSSR count). The average molecular weight is 450 g/mol. The van der Waals surface area contributed by atoms with Gasteiger partial charge in [0.15, 0.2) is 5.76 Å². The molecule has 0 aliphatic carbocycles. The van der Waals surface area contributed by atoms with Crippen molar-refractivity contribution in [3.63, 3.8) is 0 Å². The van der Waals surface area contributed by atoms with Gasteiger partial charge in [-0.05, 0) is 42.8 Å². The molecule has 0 saturated carbocycles. The van der Waals surface area contributed by atoms with Crippen LogP contribution in [0.25, 0.3) is 17.0 Å². The zero-order valence-electron chi connectivity index (χ0n) is 19.1. The molecule has 1 aliphatic heterocycles. The van der Waals surface area contributed by atoms with Crippen molar-refractivity contribution in [2.75, 3.05) is 14.1 Å². The molecule has 6 nitrogen and oxygen atoms in total. The lowest BCUT2D eigenvalue weighted by molar-refractivity contribution is 0.290. The van der Waals surface area contributed by atoms with E-state index in [1.807, 2.05) is 85.7 Å². The van der Waals surface area contributed by atoms with E-state index in [-0.39, 0.29) is 11.2 Å². The van der Waals surface area contributed by atoms with Crippen molar-refractivity contribution in [2.45, 2.75) is 6.92 Å². The van der Waals surface area contributed by atoms with Gasteiger partial charge in [-0.25, -0.2) is 4.79 Å². The molecular weight excluding hydrogens is 426 g/mol. The number of fused-ring (bicyclic) bond motifs is 1. The zero-order valence-corrected chi connectivity index (χ0v) is 19.1. The van der Waals surface area contributed by atoms with Gasteiger partial charge < -0.3 is 14.1 Å². The van der Waals surface area contributed by atoms with Crippen LogP contribution >= 0.6 is 0 Å². The van der Waals surface area contributed by atoms with E-state index < -0.39 is 0 Å². The third-order valence-corrected chi connectivity index (χ3v) is 4.79. The fourth-order valence-corrected chi connectivity index (χ4v) is 3.20. The van der Waals surface area contributed by atoms with Gasteiger partial charge in [0.1, 0.15) is 29.1 Å². The quantitative estimate of drug-likeness (QED) is 0.385. The first kappa shape index (κ1) is 23.8. The maximum absolute atomic E-state index is 10.7. The molecule has 0 amide bonds. The summed E-state index contributed by atoms with van der Waals surface area (Å²) in [5.74, 6) is 1.25. The smallest absolute Gasteiger partial charge is 0.336 e. The number of ether oxygens (including phenoxy) is 1. The van der Waals surface area contributed by atoms with E-state index in [1.54, 1.807) is 31.2 Å². The molecule has 2 heterocycles. The van der Waals surface area contributed by atoms with Crippen LogP contribution < -0.4 is 5.63 Å². The Morgan fingerprint density at radius 2 is 1.59 bits per heavy atom. The summed E-state index contributed by atoms with van der Waals surface area (Å²) in [4.78, 5) is 12.7. The summed E-state index contributed by atoms with van der Waals surface area (Å²) in [5.41, 5.74) is 2.87. The largest absolute Gasteiger partial charge is 0.460 e. The summed E-state index contributed by atoms with van der Waals surface area (Å²) >= 11 is 0. The summed E-state index contributed by atoms with van der Waals surface area (Å²) in [6, 6.07) is 24.3. The van der Waals surface area contributed by atoms with Gasteiger partial charge in [-0.1, -0.05) is 48.5 Å². The molecule has 0 spiro atoms. The molecule has 0 atom stereocenters. The number of para-hydroxylation sites is 1. The molecule has 1 aliphatic rings. The second-order valence-electron chi connectivity index (χ2n) is 7.55. The van der Waals surface area contributed by atoms with E-state index in [0.717, 1.165) is 16.6 Å². The fraction of sp³-hybridized carbons (Fsp3) is 0.107. The molecule has 6 heteroatoms. The molecule has 168 valence electrons. The molecule has 0 unspecified atom stereocenters. The first-order valence-electron chi connectivity index (χ1n) is 10.5. The molecule has 0 saturated heterocycles. The summed E-state index contributed by atoms with van der Waals surface area (Å²) in [6.45, 7) is 1.80. The Bertz CT molecular complexity index is 1430. The van der Waals surface area contributed by atoms with E-state index in [2.05, 4.69) is 0 Å². The topological polar surface area (TPSA) is 90.3 Å². The van der Waals surface area contributed by atoms with E-state index >= 15 is 0 Å². The Balaban J connectivity index is 0.000000243. The average Bonchev–Trinajstić information content (AvgIpc) is 2.84. The normalized spacial score (nSPS) is 12.7. The van der Waals surface area contributed by atoms with Crippen LogP contribution in [0.1, 0.15) is 12.5 Å². The number of likely N-dealkylation sites (N-methyl/N-ethyl adjacent to an activating group) is 1. The Morgan fingerprint density at radius 3 is 2.26 bits per heavy atom. The highest BCUT2D eigenvalue weighted by Crippen LogP contribution is 2.28. The third-order valence-electron chi connectivity index (χ3n) is 4.79. The van der Waals surface area contributed by atoms with Gasteiger partial charge in [0.2, 0.25) is 0 Å². The minimum atomic E-state index is -0.302. The molecule has 0 N–H and O–H groups in total. The second-order valence-corrected chi connectivity index (χ2v) is 7.55. The lowest BCUT2D eigenvalue weighted by Gasteiger charge is -2.23. The van der Waals surface area contributed by atoms with Crippen molar-refractivity contribution >= 4 is 17.0 Å². The van der Waals surface area contributed by atoms with Crippen LogP contribution in [-0.4, -0.2) is 19.0 Å². The molecule has 1 aromatic heterocycles. The number of hydrogen-bond donors (Lipinski definition) is 0. The first-order chi connectivity index (χ1) is 16.4. The Kier molecular flexibility index (Phi) is 7.84. The van der Waals surface area contributed by atoms with Crippen LogP contribution in [0, 0.1) is 22.7 Å². The van der Waals surface area contributed by atoms with Crippen LogP contribution in [0.5, 0.6) is 0 Å². The van der Waals surface area contributed by atoms with E-state index in [1.165, 1.54) is 6.07 Å². The molecule has 0 fully saturated rings. The van der Waals surface area contributed by atoms with Crippen LogP contribution in [0.3, 0.4) is 0 Å². The standard InChI is InChI=1S/C19H17N3O.C9H6O2/c1-14-9-16(17(12-20)13-21)11-19(23-14)18(22(2)3)10-15-7-5-4-6-8-15;10-9-6-5-7-3-1-2-4-8(7)11-9/h4-11H,1-3H3;1-6H. The minimum absolute atomic E-state index is 0.0722. The summed E-state index contributed by atoms with van der Waals surface area (Å²) in [5, 5.41) is 19.1. The minimum Gasteiger partial charge on any atom is -0.460 e. The number of nitrogens with zero attached hydrogens (tertiary/aromatic N) is 3. The predicted octanol–water partition coefficient (Wildman–Crippen LogP) is 5.54. The Morgan fingerprint density at radius 1 is 0.912 bits per heavy atom. The molecule has 0 bridgehead atoms. The zero-order chi connectivity index (χ0) is 24.5. The monoisotopic (exact) mass is 449 g/mol. The maximum atomic E-state index is 10.7. The van der Waals surface area contributed by atoms with Crippen molar-refractivity contribution in [3.8, 4) is 12.1 Å². The maximum Gasteiger partial charge on any atom is 0.336 e. The first-order valence-corrected chi connectivity index (χ1v) is 10.5. The van der Waals surface area contributed by atoms with Gasteiger partial charge in [-0.15, -0.1) is 0 Å². The highest BCUT2D eigenvalue weighted by Gasteiger charge is 2.17. The molecule has 2 aromatic carbocycles. The van der Waals surface area contributed by atoms with Crippen LogP contribution in [0.4, 0.5) is 0 Å². The number of rotatable bonds is 3. The van der Waals surface area contributed by atoms with Gasteiger partial charge in [0.25, 0.3) is 0 Å². The highest BCUT2D eigenvalue weighted by atomic mass is 16.5. The van der Waals surface area contributed by atoms with Gasteiger partial charge in [0, 0.05) is 31.1 Å². The SMILES string of the molecule is CC1=CC(=C(C#N)C#N)C=C(C(=Cc2ccccc2)N(C)C)O1.O=c1ccc2ccccc2o1. The molecule has 3 aromatic rings. The lowest BCUT2D eigenvalue weighted by atomic mass is 10.0. The number of benzene rings is 2. The van der Waals surface area contributed by atoms with E-state index in [0.29, 0.717) is 22.7 Å². The third kappa shape index (κ3) is 6.12. The molecule has 34 heavy (non-hydrogen) atoms. The molecule has 0 radical (unpaired) electrons. The number of hydrogen-bond acceptors (Lipinski definition) is 6. The van der Waals surface area contributed by atoms with E-state index in [9.17, 15) is 4.79 Å². The second kappa shape index (κ2) is 11.2. The van der Waals surface area contributed by atoms with Crippen molar-refractivity contribution in [1.82, 2.24) is 4.90 Å². The van der Waals surface area contributed by atoms with Crippen molar-refractivity contribution in [1.29, 1.82) is 10.5 Å². The lowest BCUT2D eigenvalue weighted by Crippen LogP contribution is -2.16. The summed E-state index contributed by atoms with van der Waals surface area (Å²) in [7, 11) is 3.84.